The van der Waals surface area contributed by atoms with Crippen molar-refractivity contribution in [1.82, 2.24) is 4.90 Å². The van der Waals surface area contributed by atoms with Crippen LogP contribution in [0, 0.1) is 5.82 Å². The second-order valence-electron chi connectivity index (χ2n) is 8.56. The molecule has 3 rings (SSSR count). The molecule has 0 saturated carbocycles. The number of piperidine rings is 2. The molecule has 0 aromatic heterocycles. The summed E-state index contributed by atoms with van der Waals surface area (Å²) in [5.74, 6) is -0.271. The Bertz CT molecular complexity index is 609. The van der Waals surface area contributed by atoms with Crippen LogP contribution in [0.5, 0.6) is 0 Å². The van der Waals surface area contributed by atoms with Gasteiger partial charge in [-0.05, 0) is 70.6 Å². The minimum absolute atomic E-state index is 0.00722. The van der Waals surface area contributed by atoms with Crippen molar-refractivity contribution in [2.24, 2.45) is 0 Å². The predicted octanol–water partition coefficient (Wildman–Crippen LogP) is 4.05. The van der Waals surface area contributed by atoms with Crippen molar-refractivity contribution in [1.29, 1.82) is 0 Å². The molecule has 25 heavy (non-hydrogen) atoms. The molecule has 138 valence electrons. The molecule has 2 heterocycles. The average molecular weight is 349 g/mol. The zero-order chi connectivity index (χ0) is 18.2. The highest BCUT2D eigenvalue weighted by atomic mass is 19.1. The van der Waals surface area contributed by atoms with E-state index in [0.717, 1.165) is 24.8 Å². The molecule has 1 aromatic carbocycles. The molecule has 2 fully saturated rings. The highest BCUT2D eigenvalue weighted by molar-refractivity contribution is 5.69. The molecule has 5 heteroatoms. The van der Waals surface area contributed by atoms with Gasteiger partial charge in [0.2, 0.25) is 0 Å². The van der Waals surface area contributed by atoms with E-state index in [0.29, 0.717) is 19.3 Å². The van der Waals surface area contributed by atoms with Crippen LogP contribution in [0.4, 0.5) is 9.18 Å². The second kappa shape index (κ2) is 6.60. The molecular formula is C20H28FNO3. The number of hydrogen-bond acceptors (Lipinski definition) is 3. The van der Waals surface area contributed by atoms with Crippen LogP contribution in [0.2, 0.25) is 0 Å². The average Bonchev–Trinajstić information content (AvgIpc) is 2.46. The maximum Gasteiger partial charge on any atom is 0.410 e. The molecule has 2 bridgehead atoms. The molecule has 4 nitrogen and oxygen atoms in total. The fourth-order valence-corrected chi connectivity index (χ4v) is 4.27. The summed E-state index contributed by atoms with van der Waals surface area (Å²) in [5.41, 5.74) is -0.452. The Kier molecular flexibility index (Phi) is 4.80. The quantitative estimate of drug-likeness (QED) is 0.876. The standard InChI is InChI=1S/C20H28FNO3/c1-19(2,3)25-18(23)22-16-5-4-6-17(22)13-20(24,12-16)11-14-7-9-15(21)10-8-14/h7-10,16-17,24H,4-6,11-13H2,1-3H3. The van der Waals surface area contributed by atoms with Gasteiger partial charge in [0.25, 0.3) is 0 Å². The summed E-state index contributed by atoms with van der Waals surface area (Å²) in [5, 5.41) is 11.2. The SMILES string of the molecule is CC(C)(C)OC(=O)N1C2CCCC1CC(O)(Cc1ccc(F)cc1)C2. The summed E-state index contributed by atoms with van der Waals surface area (Å²) >= 11 is 0. The third-order valence-corrected chi connectivity index (χ3v) is 5.14. The molecule has 0 aliphatic carbocycles. The number of rotatable bonds is 2. The largest absolute Gasteiger partial charge is 0.444 e. The molecule has 2 aliphatic heterocycles. The lowest BCUT2D eigenvalue weighted by Gasteiger charge is -2.51. The van der Waals surface area contributed by atoms with Gasteiger partial charge in [-0.2, -0.15) is 0 Å². The normalized spacial score (nSPS) is 29.4. The maximum absolute atomic E-state index is 13.1. The zero-order valence-corrected chi connectivity index (χ0v) is 15.3. The van der Waals surface area contributed by atoms with Crippen LogP contribution in [0.1, 0.15) is 58.4 Å². The van der Waals surface area contributed by atoms with E-state index in [-0.39, 0.29) is 24.0 Å². The lowest BCUT2D eigenvalue weighted by molar-refractivity contribution is -0.0919. The van der Waals surface area contributed by atoms with E-state index in [9.17, 15) is 14.3 Å². The number of hydrogen-bond donors (Lipinski definition) is 1. The van der Waals surface area contributed by atoms with E-state index < -0.39 is 11.2 Å². The molecule has 0 spiro atoms. The van der Waals surface area contributed by atoms with Crippen LogP contribution >= 0.6 is 0 Å². The van der Waals surface area contributed by atoms with Crippen molar-refractivity contribution in [2.75, 3.05) is 0 Å². The smallest absolute Gasteiger partial charge is 0.410 e. The Balaban J connectivity index is 1.74. The molecule has 2 atom stereocenters. The molecule has 1 amide bonds. The topological polar surface area (TPSA) is 49.8 Å². The first kappa shape index (κ1) is 18.2. The van der Waals surface area contributed by atoms with Crippen molar-refractivity contribution < 1.29 is 19.0 Å². The first-order valence-corrected chi connectivity index (χ1v) is 9.13. The van der Waals surface area contributed by atoms with Gasteiger partial charge in [0.05, 0.1) is 5.60 Å². The monoisotopic (exact) mass is 349 g/mol. The molecule has 2 saturated heterocycles. The Morgan fingerprint density at radius 1 is 1.24 bits per heavy atom. The Morgan fingerprint density at radius 3 is 2.32 bits per heavy atom. The highest BCUT2D eigenvalue weighted by Crippen LogP contribution is 2.41. The number of aliphatic hydroxyl groups is 1. The molecule has 2 unspecified atom stereocenters. The van der Waals surface area contributed by atoms with Crippen LogP contribution in [-0.2, 0) is 11.2 Å². The van der Waals surface area contributed by atoms with E-state index in [1.54, 1.807) is 12.1 Å². The van der Waals surface area contributed by atoms with Gasteiger partial charge >= 0.3 is 6.09 Å². The maximum atomic E-state index is 13.1. The van der Waals surface area contributed by atoms with Gasteiger partial charge in [-0.15, -0.1) is 0 Å². The fourth-order valence-electron chi connectivity index (χ4n) is 4.27. The lowest BCUT2D eigenvalue weighted by Crippen LogP contribution is -2.61. The van der Waals surface area contributed by atoms with Crippen molar-refractivity contribution in [3.05, 3.63) is 35.6 Å². The highest BCUT2D eigenvalue weighted by Gasteiger charge is 2.48. The van der Waals surface area contributed by atoms with Crippen LogP contribution in [0.3, 0.4) is 0 Å². The van der Waals surface area contributed by atoms with Crippen molar-refractivity contribution in [2.45, 2.75) is 82.6 Å². The van der Waals surface area contributed by atoms with E-state index >= 15 is 0 Å². The first-order chi connectivity index (χ1) is 11.7. The van der Waals surface area contributed by atoms with Gasteiger partial charge in [-0.1, -0.05) is 12.1 Å². The third kappa shape index (κ3) is 4.32. The second-order valence-corrected chi connectivity index (χ2v) is 8.56. The van der Waals surface area contributed by atoms with Crippen molar-refractivity contribution >= 4 is 6.09 Å². The number of carbonyl (C=O) groups is 1. The van der Waals surface area contributed by atoms with E-state index in [1.165, 1.54) is 12.1 Å². The van der Waals surface area contributed by atoms with Gasteiger partial charge < -0.3 is 14.7 Å². The van der Waals surface area contributed by atoms with Crippen LogP contribution < -0.4 is 0 Å². The van der Waals surface area contributed by atoms with E-state index in [1.807, 2.05) is 25.7 Å². The van der Waals surface area contributed by atoms with Crippen LogP contribution in [-0.4, -0.2) is 39.4 Å². The lowest BCUT2D eigenvalue weighted by atomic mass is 9.73. The number of carbonyl (C=O) groups excluding carboxylic acids is 1. The number of fused-ring (bicyclic) bond motifs is 2. The molecular weight excluding hydrogens is 321 g/mol. The molecule has 1 aromatic rings. The number of halogens is 1. The summed E-state index contributed by atoms with van der Waals surface area (Å²) < 4.78 is 18.7. The minimum atomic E-state index is -0.855. The Morgan fingerprint density at radius 2 is 1.80 bits per heavy atom. The first-order valence-electron chi connectivity index (χ1n) is 9.13. The predicted molar refractivity (Wildman–Crippen MR) is 93.8 cm³/mol. The summed E-state index contributed by atoms with van der Waals surface area (Å²) in [6.45, 7) is 5.61. The summed E-state index contributed by atoms with van der Waals surface area (Å²) in [7, 11) is 0. The van der Waals surface area contributed by atoms with Gasteiger partial charge in [0.15, 0.2) is 0 Å². The van der Waals surface area contributed by atoms with Gasteiger partial charge in [0, 0.05) is 18.5 Å². The zero-order valence-electron chi connectivity index (χ0n) is 15.3. The van der Waals surface area contributed by atoms with E-state index in [2.05, 4.69) is 0 Å². The Labute approximate surface area is 149 Å². The third-order valence-electron chi connectivity index (χ3n) is 5.14. The fraction of sp³-hybridized carbons (Fsp3) is 0.650. The summed E-state index contributed by atoms with van der Waals surface area (Å²) in [6.07, 6.45) is 4.15. The summed E-state index contributed by atoms with van der Waals surface area (Å²) in [6, 6.07) is 6.32. The van der Waals surface area contributed by atoms with Gasteiger partial charge in [0.1, 0.15) is 11.4 Å². The van der Waals surface area contributed by atoms with Crippen LogP contribution in [0.25, 0.3) is 0 Å². The van der Waals surface area contributed by atoms with E-state index in [4.69, 9.17) is 4.74 Å². The number of benzene rings is 1. The van der Waals surface area contributed by atoms with Crippen molar-refractivity contribution in [3.8, 4) is 0 Å². The van der Waals surface area contributed by atoms with Crippen LogP contribution in [0.15, 0.2) is 24.3 Å². The van der Waals surface area contributed by atoms with Gasteiger partial charge in [-0.25, -0.2) is 9.18 Å². The number of nitrogens with zero attached hydrogens (tertiary/aromatic N) is 1. The Hall–Kier alpha value is -1.62. The molecule has 1 N–H and O–H groups in total. The minimum Gasteiger partial charge on any atom is -0.444 e. The van der Waals surface area contributed by atoms with Gasteiger partial charge in [-0.3, -0.25) is 0 Å². The summed E-state index contributed by atoms with van der Waals surface area (Å²) in [4.78, 5) is 14.5. The van der Waals surface area contributed by atoms with Crippen molar-refractivity contribution in [3.63, 3.8) is 0 Å². The number of ether oxygens (including phenoxy) is 1. The molecule has 2 aliphatic rings. The molecule has 0 radical (unpaired) electrons. The number of amides is 1.